The van der Waals surface area contributed by atoms with E-state index in [1.165, 1.54) is 7.11 Å². The number of nitrogens with one attached hydrogen (secondary N) is 1. The van der Waals surface area contributed by atoms with Gasteiger partial charge >= 0.3 is 0 Å². The van der Waals surface area contributed by atoms with Crippen LogP contribution in [0.5, 0.6) is 5.75 Å². The van der Waals surface area contributed by atoms with Gasteiger partial charge in [-0.3, -0.25) is 0 Å². The first kappa shape index (κ1) is 15.6. The lowest BCUT2D eigenvalue weighted by atomic mass is 10.3. The molecule has 0 aliphatic rings. The Kier molecular flexibility index (Phi) is 5.06. The van der Waals surface area contributed by atoms with Crippen molar-refractivity contribution in [2.24, 2.45) is 0 Å². The molecule has 0 amide bonds. The Bertz CT molecular complexity index is 526. The summed E-state index contributed by atoms with van der Waals surface area (Å²) in [5.74, 6) is -1.15. The smallest absolute Gasteiger partial charge is 0.240 e. The first-order valence-corrected chi connectivity index (χ1v) is 6.71. The van der Waals surface area contributed by atoms with Gasteiger partial charge in [0, 0.05) is 6.54 Å². The zero-order valence-electron chi connectivity index (χ0n) is 10.1. The number of nitrogen functional groups attached to an aromatic ring is 1. The predicted octanol–water partition coefficient (Wildman–Crippen LogP) is -0.952. The fourth-order valence-electron chi connectivity index (χ4n) is 1.31. The quantitative estimate of drug-likeness (QED) is 0.502. The predicted molar refractivity (Wildman–Crippen MR) is 65.6 cm³/mol. The van der Waals surface area contributed by atoms with Crippen molar-refractivity contribution in [3.05, 3.63) is 17.9 Å². The minimum atomic E-state index is -4.03. The second-order valence-electron chi connectivity index (χ2n) is 3.72. The van der Waals surface area contributed by atoms with Crippen LogP contribution in [0.1, 0.15) is 0 Å². The molecule has 0 bridgehead atoms. The molecule has 0 saturated heterocycles. The van der Waals surface area contributed by atoms with Gasteiger partial charge in [0.25, 0.3) is 0 Å². The van der Waals surface area contributed by atoms with Crippen molar-refractivity contribution in [2.75, 3.05) is 26.0 Å². The monoisotopic (exact) mass is 294 g/mol. The van der Waals surface area contributed by atoms with Crippen LogP contribution in [0.2, 0.25) is 0 Å². The summed E-state index contributed by atoms with van der Waals surface area (Å²) in [4.78, 5) is -0.395. The largest absolute Gasteiger partial charge is 0.492 e. The first-order valence-electron chi connectivity index (χ1n) is 5.23. The Balaban J connectivity index is 3.02. The summed E-state index contributed by atoms with van der Waals surface area (Å²) in [5.41, 5.74) is 5.30. The summed E-state index contributed by atoms with van der Waals surface area (Å²) in [6.07, 6.45) is -1.24. The van der Waals surface area contributed by atoms with Crippen LogP contribution in [-0.2, 0) is 10.0 Å². The Morgan fingerprint density at radius 2 is 2.16 bits per heavy atom. The summed E-state index contributed by atoms with van der Waals surface area (Å²) >= 11 is 0. The van der Waals surface area contributed by atoms with E-state index < -0.39 is 40.0 Å². The maximum atomic E-state index is 13.5. The van der Waals surface area contributed by atoms with E-state index in [4.69, 9.17) is 15.9 Å². The van der Waals surface area contributed by atoms with Crippen LogP contribution in [0, 0.1) is 5.82 Å². The molecule has 0 aliphatic carbocycles. The second-order valence-corrected chi connectivity index (χ2v) is 5.48. The molecule has 19 heavy (non-hydrogen) atoms. The van der Waals surface area contributed by atoms with Gasteiger partial charge < -0.3 is 20.7 Å². The zero-order chi connectivity index (χ0) is 14.6. The standard InChI is InChI=1S/C10H15FN2O5S/c1-18-10-8(11)2-7(3-9(10)12)19(16,17)13-4-6(15)5-14/h2-3,6,13-15H,4-5,12H2,1H3. The van der Waals surface area contributed by atoms with Gasteiger partial charge in [-0.05, 0) is 12.1 Å². The first-order chi connectivity index (χ1) is 8.81. The number of benzene rings is 1. The van der Waals surface area contributed by atoms with E-state index in [1.807, 2.05) is 4.72 Å². The van der Waals surface area contributed by atoms with Gasteiger partial charge in [-0.15, -0.1) is 0 Å². The topological polar surface area (TPSA) is 122 Å². The van der Waals surface area contributed by atoms with Gasteiger partial charge in [0.05, 0.1) is 30.4 Å². The minimum absolute atomic E-state index is 0.161. The van der Waals surface area contributed by atoms with E-state index in [-0.39, 0.29) is 11.4 Å². The summed E-state index contributed by atoms with van der Waals surface area (Å²) in [6.45, 7) is -0.992. The molecule has 1 atom stereocenters. The Hall–Kier alpha value is -1.42. The molecule has 0 spiro atoms. The van der Waals surface area contributed by atoms with E-state index in [9.17, 15) is 12.8 Å². The number of aliphatic hydroxyl groups excluding tert-OH is 2. The summed E-state index contributed by atoms with van der Waals surface area (Å²) in [5, 5.41) is 17.6. The van der Waals surface area contributed by atoms with Gasteiger partial charge in [0.1, 0.15) is 0 Å². The third kappa shape index (κ3) is 3.77. The SMILES string of the molecule is COc1c(N)cc(S(=O)(=O)NCC(O)CO)cc1F. The van der Waals surface area contributed by atoms with E-state index >= 15 is 0 Å². The molecular formula is C10H15FN2O5S. The number of rotatable bonds is 6. The molecule has 5 N–H and O–H groups in total. The number of aliphatic hydroxyl groups is 2. The molecule has 1 unspecified atom stereocenters. The maximum absolute atomic E-state index is 13.5. The minimum Gasteiger partial charge on any atom is -0.492 e. The van der Waals surface area contributed by atoms with Crippen LogP contribution in [0.3, 0.4) is 0 Å². The fourth-order valence-corrected chi connectivity index (χ4v) is 2.43. The van der Waals surface area contributed by atoms with Gasteiger partial charge in [0.2, 0.25) is 10.0 Å². The normalized spacial score (nSPS) is 13.3. The lowest BCUT2D eigenvalue weighted by Crippen LogP contribution is -2.34. The molecule has 108 valence electrons. The van der Waals surface area contributed by atoms with Crippen LogP contribution in [-0.4, -0.2) is 45.0 Å². The highest BCUT2D eigenvalue weighted by Gasteiger charge is 2.20. The highest BCUT2D eigenvalue weighted by Crippen LogP contribution is 2.28. The molecule has 1 rings (SSSR count). The Morgan fingerprint density at radius 3 is 2.63 bits per heavy atom. The summed E-state index contributed by atoms with van der Waals surface area (Å²) in [6, 6.07) is 1.79. The Morgan fingerprint density at radius 1 is 1.53 bits per heavy atom. The molecular weight excluding hydrogens is 279 g/mol. The van der Waals surface area contributed by atoms with E-state index in [0.717, 1.165) is 12.1 Å². The molecule has 1 aromatic rings. The molecule has 0 radical (unpaired) electrons. The van der Waals surface area contributed by atoms with E-state index in [0.29, 0.717) is 0 Å². The number of nitrogens with two attached hydrogens (primary N) is 1. The van der Waals surface area contributed by atoms with Gasteiger partial charge in [-0.1, -0.05) is 0 Å². The zero-order valence-corrected chi connectivity index (χ0v) is 10.9. The van der Waals surface area contributed by atoms with Crippen molar-refractivity contribution in [3.63, 3.8) is 0 Å². The highest BCUT2D eigenvalue weighted by molar-refractivity contribution is 7.89. The van der Waals surface area contributed by atoms with Crippen LogP contribution in [0.25, 0.3) is 0 Å². The molecule has 0 aliphatic heterocycles. The molecule has 0 saturated carbocycles. The van der Waals surface area contributed by atoms with Crippen molar-refractivity contribution < 1.29 is 27.8 Å². The summed E-state index contributed by atoms with van der Waals surface area (Å²) in [7, 11) is -2.82. The third-order valence-corrected chi connectivity index (χ3v) is 3.68. The van der Waals surface area contributed by atoms with Crippen molar-refractivity contribution in [1.29, 1.82) is 0 Å². The lowest BCUT2D eigenvalue weighted by molar-refractivity contribution is 0.0988. The second kappa shape index (κ2) is 6.15. The van der Waals surface area contributed by atoms with E-state index in [2.05, 4.69) is 4.74 Å². The number of hydrogen-bond donors (Lipinski definition) is 4. The fraction of sp³-hybridized carbons (Fsp3) is 0.400. The molecule has 0 aromatic heterocycles. The lowest BCUT2D eigenvalue weighted by Gasteiger charge is -2.12. The summed E-state index contributed by atoms with van der Waals surface area (Å²) < 4.78 is 43.8. The number of anilines is 1. The van der Waals surface area contributed by atoms with Crippen molar-refractivity contribution in [3.8, 4) is 5.75 Å². The molecule has 7 nitrogen and oxygen atoms in total. The van der Waals surface area contributed by atoms with Crippen LogP contribution in [0.15, 0.2) is 17.0 Å². The highest BCUT2D eigenvalue weighted by atomic mass is 32.2. The number of sulfonamides is 1. The van der Waals surface area contributed by atoms with Gasteiger partial charge in [-0.25, -0.2) is 17.5 Å². The van der Waals surface area contributed by atoms with Gasteiger partial charge in [-0.2, -0.15) is 0 Å². The number of halogens is 1. The van der Waals surface area contributed by atoms with E-state index in [1.54, 1.807) is 0 Å². The van der Waals surface area contributed by atoms with Crippen molar-refractivity contribution in [2.45, 2.75) is 11.0 Å². The average molecular weight is 294 g/mol. The molecule has 0 heterocycles. The molecule has 0 fully saturated rings. The molecule has 9 heteroatoms. The van der Waals surface area contributed by atoms with Gasteiger partial charge in [0.15, 0.2) is 11.6 Å². The van der Waals surface area contributed by atoms with Crippen LogP contribution >= 0.6 is 0 Å². The maximum Gasteiger partial charge on any atom is 0.240 e. The number of methoxy groups -OCH3 is 1. The number of hydrogen-bond acceptors (Lipinski definition) is 6. The number of ether oxygens (including phenoxy) is 1. The molecule has 1 aromatic carbocycles. The van der Waals surface area contributed by atoms with Crippen molar-refractivity contribution in [1.82, 2.24) is 4.72 Å². The van der Waals surface area contributed by atoms with Crippen LogP contribution in [0.4, 0.5) is 10.1 Å². The van der Waals surface area contributed by atoms with Crippen LogP contribution < -0.4 is 15.2 Å². The van der Waals surface area contributed by atoms with Crippen molar-refractivity contribution >= 4 is 15.7 Å². The Labute approximate surface area is 109 Å². The third-order valence-electron chi connectivity index (χ3n) is 2.28. The average Bonchev–Trinajstić information content (AvgIpc) is 2.35.